The Bertz CT molecular complexity index is 586. The van der Waals surface area contributed by atoms with Crippen LogP contribution in [0.25, 0.3) is 0 Å². The van der Waals surface area contributed by atoms with E-state index in [1.165, 1.54) is 5.56 Å². The van der Waals surface area contributed by atoms with E-state index in [9.17, 15) is 4.79 Å². The van der Waals surface area contributed by atoms with Crippen LogP contribution in [0.1, 0.15) is 44.2 Å². The van der Waals surface area contributed by atoms with E-state index < -0.39 is 0 Å². The summed E-state index contributed by atoms with van der Waals surface area (Å²) < 4.78 is 5.79. The normalized spacial score (nSPS) is 27.2. The van der Waals surface area contributed by atoms with Gasteiger partial charge in [0.05, 0.1) is 12.2 Å². The molecule has 0 spiro atoms. The number of rotatable bonds is 5. The number of amides is 1. The smallest absolute Gasteiger partial charge is 0.223 e. The maximum absolute atomic E-state index is 12.2. The van der Waals surface area contributed by atoms with Crippen molar-refractivity contribution >= 4 is 5.91 Å². The maximum Gasteiger partial charge on any atom is 0.223 e. The first-order chi connectivity index (χ1) is 12.1. The topological polar surface area (TPSA) is 41.6 Å². The van der Waals surface area contributed by atoms with Crippen LogP contribution in [0.15, 0.2) is 36.4 Å². The summed E-state index contributed by atoms with van der Waals surface area (Å²) in [5.74, 6) is 0.333. The summed E-state index contributed by atoms with van der Waals surface area (Å²) in [6.45, 7) is 7.81. The van der Waals surface area contributed by atoms with Crippen molar-refractivity contribution in [2.24, 2.45) is 5.92 Å². The third kappa shape index (κ3) is 5.41. The lowest BCUT2D eigenvalue weighted by Crippen LogP contribution is -2.44. The standard InChI is InChI=1S/C21H30N2O2/c1-16-13-23(14-17(2)25-16)15-19-10-8-18(9-11-19)12-22-21(24)20-6-4-3-5-7-20/h3-4,8-11,16-17,20H,5-7,12-15H2,1-2H3,(H,22,24)/t16-,17-,20-/m1/s1. The fourth-order valence-corrected chi connectivity index (χ4v) is 3.80. The van der Waals surface area contributed by atoms with Gasteiger partial charge in [-0.2, -0.15) is 0 Å². The number of hydrogen-bond donors (Lipinski definition) is 1. The highest BCUT2D eigenvalue weighted by atomic mass is 16.5. The Morgan fingerprint density at radius 2 is 1.80 bits per heavy atom. The van der Waals surface area contributed by atoms with Gasteiger partial charge in [-0.25, -0.2) is 0 Å². The van der Waals surface area contributed by atoms with Crippen LogP contribution < -0.4 is 5.32 Å². The van der Waals surface area contributed by atoms with Gasteiger partial charge in [0.15, 0.2) is 0 Å². The number of nitrogens with one attached hydrogen (secondary N) is 1. The molecule has 3 atom stereocenters. The third-order valence-corrected chi connectivity index (χ3v) is 5.03. The van der Waals surface area contributed by atoms with E-state index in [4.69, 9.17) is 4.74 Å². The molecule has 3 rings (SSSR count). The van der Waals surface area contributed by atoms with Crippen LogP contribution in [-0.2, 0) is 22.6 Å². The molecule has 0 saturated carbocycles. The van der Waals surface area contributed by atoms with E-state index >= 15 is 0 Å². The number of carbonyl (C=O) groups excluding carboxylic acids is 1. The van der Waals surface area contributed by atoms with E-state index in [-0.39, 0.29) is 11.8 Å². The van der Waals surface area contributed by atoms with Crippen LogP contribution >= 0.6 is 0 Å². The van der Waals surface area contributed by atoms with Crippen molar-refractivity contribution in [2.75, 3.05) is 13.1 Å². The molecule has 136 valence electrons. The molecule has 1 aliphatic carbocycles. The molecule has 1 amide bonds. The monoisotopic (exact) mass is 342 g/mol. The van der Waals surface area contributed by atoms with Crippen molar-refractivity contribution in [3.63, 3.8) is 0 Å². The highest BCUT2D eigenvalue weighted by Gasteiger charge is 2.22. The second kappa shape index (κ2) is 8.63. The molecule has 1 aliphatic heterocycles. The van der Waals surface area contributed by atoms with Gasteiger partial charge in [-0.15, -0.1) is 0 Å². The number of carbonyl (C=O) groups is 1. The maximum atomic E-state index is 12.2. The molecule has 0 unspecified atom stereocenters. The molecular formula is C21H30N2O2. The summed E-state index contributed by atoms with van der Waals surface area (Å²) in [6.07, 6.45) is 7.75. The predicted molar refractivity (Wildman–Crippen MR) is 100 cm³/mol. The molecule has 1 saturated heterocycles. The molecule has 0 aromatic heterocycles. The Morgan fingerprint density at radius 1 is 1.12 bits per heavy atom. The Morgan fingerprint density at radius 3 is 2.44 bits per heavy atom. The lowest BCUT2D eigenvalue weighted by atomic mass is 9.93. The number of morpholine rings is 1. The van der Waals surface area contributed by atoms with Gasteiger partial charge in [-0.05, 0) is 44.2 Å². The molecule has 1 aromatic rings. The Labute approximate surface area is 151 Å². The Hall–Kier alpha value is -1.65. The van der Waals surface area contributed by atoms with Crippen LogP contribution in [0, 0.1) is 5.92 Å². The number of benzene rings is 1. The van der Waals surface area contributed by atoms with E-state index in [1.807, 2.05) is 0 Å². The van der Waals surface area contributed by atoms with Gasteiger partial charge in [0.1, 0.15) is 0 Å². The van der Waals surface area contributed by atoms with E-state index in [1.54, 1.807) is 0 Å². The zero-order chi connectivity index (χ0) is 17.6. The lowest BCUT2D eigenvalue weighted by Gasteiger charge is -2.35. The first-order valence-electron chi connectivity index (χ1n) is 9.48. The summed E-state index contributed by atoms with van der Waals surface area (Å²) >= 11 is 0. The molecule has 2 aliphatic rings. The summed E-state index contributed by atoms with van der Waals surface area (Å²) in [7, 11) is 0. The molecule has 1 heterocycles. The van der Waals surface area contributed by atoms with Crippen LogP contribution in [-0.4, -0.2) is 36.1 Å². The molecule has 1 fully saturated rings. The molecule has 25 heavy (non-hydrogen) atoms. The van der Waals surface area contributed by atoms with E-state index in [0.29, 0.717) is 18.8 Å². The van der Waals surface area contributed by atoms with Gasteiger partial charge in [0.2, 0.25) is 5.91 Å². The quantitative estimate of drug-likeness (QED) is 0.835. The zero-order valence-corrected chi connectivity index (χ0v) is 15.4. The largest absolute Gasteiger partial charge is 0.373 e. The van der Waals surface area contributed by atoms with Gasteiger partial charge >= 0.3 is 0 Å². The predicted octanol–water partition coefficient (Wildman–Crippen LogP) is 3.27. The van der Waals surface area contributed by atoms with Crippen molar-refractivity contribution in [3.8, 4) is 0 Å². The van der Waals surface area contributed by atoms with Crippen LogP contribution in [0.4, 0.5) is 0 Å². The fraction of sp³-hybridized carbons (Fsp3) is 0.571. The molecule has 0 radical (unpaired) electrons. The highest BCUT2D eigenvalue weighted by Crippen LogP contribution is 2.18. The van der Waals surface area contributed by atoms with E-state index in [2.05, 4.69) is 60.5 Å². The van der Waals surface area contributed by atoms with Gasteiger partial charge in [0.25, 0.3) is 0 Å². The average molecular weight is 342 g/mol. The summed E-state index contributed by atoms with van der Waals surface area (Å²) in [4.78, 5) is 14.6. The molecule has 4 nitrogen and oxygen atoms in total. The van der Waals surface area contributed by atoms with Crippen molar-refractivity contribution < 1.29 is 9.53 Å². The SMILES string of the molecule is C[C@@H]1CN(Cc2ccc(CNC(=O)[C@@H]3CC=CCC3)cc2)C[C@@H](C)O1. The van der Waals surface area contributed by atoms with Gasteiger partial charge < -0.3 is 10.1 Å². The molecule has 0 bridgehead atoms. The van der Waals surface area contributed by atoms with Gasteiger partial charge in [0, 0.05) is 32.1 Å². The first kappa shape index (κ1) is 18.2. The minimum absolute atomic E-state index is 0.148. The van der Waals surface area contributed by atoms with Gasteiger partial charge in [-0.1, -0.05) is 36.4 Å². The number of nitrogens with zero attached hydrogens (tertiary/aromatic N) is 1. The second-order valence-electron chi connectivity index (χ2n) is 7.47. The summed E-state index contributed by atoms with van der Waals surface area (Å²) in [6, 6.07) is 8.61. The highest BCUT2D eigenvalue weighted by molar-refractivity contribution is 5.78. The minimum Gasteiger partial charge on any atom is -0.373 e. The fourth-order valence-electron chi connectivity index (χ4n) is 3.80. The molecule has 1 N–H and O–H groups in total. The van der Waals surface area contributed by atoms with E-state index in [0.717, 1.165) is 44.5 Å². The molecule has 4 heteroatoms. The van der Waals surface area contributed by atoms with Crippen molar-refractivity contribution in [1.82, 2.24) is 10.2 Å². The van der Waals surface area contributed by atoms with Crippen LogP contribution in [0.5, 0.6) is 0 Å². The van der Waals surface area contributed by atoms with Crippen molar-refractivity contribution in [2.45, 2.75) is 58.4 Å². The number of allylic oxidation sites excluding steroid dienone is 2. The molecule has 1 aromatic carbocycles. The second-order valence-corrected chi connectivity index (χ2v) is 7.47. The average Bonchev–Trinajstić information content (AvgIpc) is 2.61. The summed E-state index contributed by atoms with van der Waals surface area (Å²) in [5, 5.41) is 3.08. The Balaban J connectivity index is 1.47. The Kier molecular flexibility index (Phi) is 6.27. The first-order valence-corrected chi connectivity index (χ1v) is 9.48. The lowest BCUT2D eigenvalue weighted by molar-refractivity contribution is -0.125. The molecular weight excluding hydrogens is 312 g/mol. The number of ether oxygens (including phenoxy) is 1. The van der Waals surface area contributed by atoms with Crippen LogP contribution in [0.3, 0.4) is 0 Å². The minimum atomic E-state index is 0.148. The van der Waals surface area contributed by atoms with Crippen LogP contribution in [0.2, 0.25) is 0 Å². The summed E-state index contributed by atoms with van der Waals surface area (Å²) in [5.41, 5.74) is 2.47. The third-order valence-electron chi connectivity index (χ3n) is 5.03. The zero-order valence-electron chi connectivity index (χ0n) is 15.4. The van der Waals surface area contributed by atoms with Crippen molar-refractivity contribution in [3.05, 3.63) is 47.5 Å². The number of hydrogen-bond acceptors (Lipinski definition) is 3. The van der Waals surface area contributed by atoms with Gasteiger partial charge in [-0.3, -0.25) is 9.69 Å². The van der Waals surface area contributed by atoms with Crippen molar-refractivity contribution in [1.29, 1.82) is 0 Å².